The lowest BCUT2D eigenvalue weighted by atomic mass is 9.88. The van der Waals surface area contributed by atoms with E-state index in [-0.39, 0.29) is 5.91 Å². The first-order chi connectivity index (χ1) is 7.51. The second kappa shape index (κ2) is 5.30. The van der Waals surface area contributed by atoms with Gasteiger partial charge in [0, 0.05) is 9.26 Å². The number of carbonyl (C=O) groups excluding carboxylic acids is 1. The van der Waals surface area contributed by atoms with E-state index in [4.69, 9.17) is 5.26 Å². The van der Waals surface area contributed by atoms with E-state index in [1.807, 2.05) is 37.3 Å². The lowest BCUT2D eigenvalue weighted by molar-refractivity contribution is -0.122. The molecule has 0 saturated carbocycles. The zero-order chi connectivity index (χ0) is 12.2. The summed E-state index contributed by atoms with van der Waals surface area (Å²) in [4.78, 5) is 11.9. The van der Waals surface area contributed by atoms with Crippen molar-refractivity contribution in [3.63, 3.8) is 0 Å². The first kappa shape index (κ1) is 13.0. The summed E-state index contributed by atoms with van der Waals surface area (Å²) in [5.41, 5.74) is -0.229. The van der Waals surface area contributed by atoms with Crippen molar-refractivity contribution in [1.29, 1.82) is 5.26 Å². The van der Waals surface area contributed by atoms with Gasteiger partial charge in [0.25, 0.3) is 0 Å². The van der Waals surface area contributed by atoms with E-state index in [1.165, 1.54) is 0 Å². The van der Waals surface area contributed by atoms with Crippen LogP contribution < -0.4 is 5.32 Å². The van der Waals surface area contributed by atoms with Gasteiger partial charge in [-0.3, -0.25) is 4.79 Å². The maximum absolute atomic E-state index is 11.9. The highest BCUT2D eigenvalue weighted by Crippen LogP contribution is 2.22. The summed E-state index contributed by atoms with van der Waals surface area (Å²) < 4.78 is 1.05. The van der Waals surface area contributed by atoms with Crippen LogP contribution in [-0.2, 0) is 4.79 Å². The lowest BCUT2D eigenvalue weighted by Crippen LogP contribution is -2.31. The third-order valence-electron chi connectivity index (χ3n) is 2.54. The lowest BCUT2D eigenvalue weighted by Gasteiger charge is -2.18. The number of amides is 1. The molecule has 3 nitrogen and oxygen atoms in total. The summed E-state index contributed by atoms with van der Waals surface area (Å²) in [5.74, 6) is -0.250. The van der Waals surface area contributed by atoms with Crippen LogP contribution in [0.25, 0.3) is 0 Å². The van der Waals surface area contributed by atoms with E-state index in [1.54, 1.807) is 6.92 Å². The summed E-state index contributed by atoms with van der Waals surface area (Å²) in [6.45, 7) is 3.48. The van der Waals surface area contributed by atoms with Crippen molar-refractivity contribution in [2.75, 3.05) is 5.32 Å². The first-order valence-corrected chi connectivity index (χ1v) is 6.08. The van der Waals surface area contributed by atoms with Gasteiger partial charge in [-0.15, -0.1) is 0 Å². The van der Waals surface area contributed by atoms with E-state index in [9.17, 15) is 4.79 Å². The van der Waals surface area contributed by atoms with Crippen molar-refractivity contribution in [2.45, 2.75) is 20.3 Å². The maximum Gasteiger partial charge on any atom is 0.244 e. The van der Waals surface area contributed by atoms with Crippen LogP contribution in [-0.4, -0.2) is 5.91 Å². The molecule has 0 radical (unpaired) electrons. The molecule has 16 heavy (non-hydrogen) atoms. The van der Waals surface area contributed by atoms with Crippen LogP contribution in [0, 0.1) is 20.3 Å². The van der Waals surface area contributed by atoms with Gasteiger partial charge < -0.3 is 5.32 Å². The number of nitrogens with zero attached hydrogens (tertiary/aromatic N) is 1. The van der Waals surface area contributed by atoms with Gasteiger partial charge in [0.1, 0.15) is 5.41 Å². The molecule has 1 aromatic carbocycles. The first-order valence-electron chi connectivity index (χ1n) is 5.00. The van der Waals surface area contributed by atoms with Gasteiger partial charge in [-0.25, -0.2) is 0 Å². The van der Waals surface area contributed by atoms with Crippen molar-refractivity contribution >= 4 is 34.2 Å². The molecular weight excluding hydrogens is 315 g/mol. The molecule has 0 aliphatic rings. The maximum atomic E-state index is 11.9. The molecule has 1 rings (SSSR count). The van der Waals surface area contributed by atoms with Gasteiger partial charge in [0.05, 0.1) is 6.07 Å². The SMILES string of the molecule is CCC(C)(C#N)C(=O)Nc1cccc(I)c1. The Labute approximate surface area is 109 Å². The molecule has 84 valence electrons. The standard InChI is InChI=1S/C12H13IN2O/c1-3-12(2,8-14)11(16)15-10-6-4-5-9(13)7-10/h4-7H,3H2,1-2H3,(H,15,16). The van der Waals surface area contributed by atoms with Crippen LogP contribution in [0.4, 0.5) is 5.69 Å². The second-order valence-electron chi connectivity index (χ2n) is 3.76. The van der Waals surface area contributed by atoms with Crippen LogP contribution in [0.2, 0.25) is 0 Å². The number of halogens is 1. The number of carbonyl (C=O) groups is 1. The monoisotopic (exact) mass is 328 g/mol. The molecule has 0 saturated heterocycles. The minimum atomic E-state index is -0.957. The number of nitrogens with one attached hydrogen (secondary N) is 1. The highest BCUT2D eigenvalue weighted by Gasteiger charge is 2.31. The largest absolute Gasteiger partial charge is 0.325 e. The van der Waals surface area contributed by atoms with Gasteiger partial charge >= 0.3 is 0 Å². The van der Waals surface area contributed by atoms with Crippen molar-refractivity contribution in [3.8, 4) is 6.07 Å². The summed E-state index contributed by atoms with van der Waals surface area (Å²) in [7, 11) is 0. The number of anilines is 1. The number of hydrogen-bond donors (Lipinski definition) is 1. The highest BCUT2D eigenvalue weighted by molar-refractivity contribution is 14.1. The zero-order valence-corrected chi connectivity index (χ0v) is 11.4. The Morgan fingerprint density at radius 2 is 2.31 bits per heavy atom. The molecule has 1 aromatic rings. The normalized spacial score (nSPS) is 13.6. The molecule has 0 spiro atoms. The van der Waals surface area contributed by atoms with E-state index >= 15 is 0 Å². The summed E-state index contributed by atoms with van der Waals surface area (Å²) in [6.07, 6.45) is 0.499. The highest BCUT2D eigenvalue weighted by atomic mass is 127. The summed E-state index contributed by atoms with van der Waals surface area (Å²) in [5, 5.41) is 11.7. The van der Waals surface area contributed by atoms with Crippen LogP contribution in [0.15, 0.2) is 24.3 Å². The predicted molar refractivity (Wildman–Crippen MR) is 71.8 cm³/mol. The average Bonchev–Trinajstić information content (AvgIpc) is 2.28. The fraction of sp³-hybridized carbons (Fsp3) is 0.333. The Balaban J connectivity index is 2.83. The quantitative estimate of drug-likeness (QED) is 0.867. The Kier molecular flexibility index (Phi) is 4.30. The van der Waals surface area contributed by atoms with Crippen molar-refractivity contribution in [2.24, 2.45) is 5.41 Å². The third-order valence-corrected chi connectivity index (χ3v) is 3.21. The Hall–Kier alpha value is -1.09. The molecule has 1 N–H and O–H groups in total. The van der Waals surface area contributed by atoms with Gasteiger partial charge in [-0.2, -0.15) is 5.26 Å². The minimum Gasteiger partial charge on any atom is -0.325 e. The van der Waals surface area contributed by atoms with Crippen LogP contribution >= 0.6 is 22.6 Å². The molecule has 0 heterocycles. The van der Waals surface area contributed by atoms with E-state index in [0.29, 0.717) is 6.42 Å². The Morgan fingerprint density at radius 3 is 2.81 bits per heavy atom. The molecule has 0 fully saturated rings. The number of rotatable bonds is 3. The van der Waals surface area contributed by atoms with Crippen molar-refractivity contribution in [1.82, 2.24) is 0 Å². The molecule has 1 unspecified atom stereocenters. The molecule has 4 heteroatoms. The fourth-order valence-electron chi connectivity index (χ4n) is 1.13. The Morgan fingerprint density at radius 1 is 1.62 bits per heavy atom. The second-order valence-corrected chi connectivity index (χ2v) is 5.01. The average molecular weight is 328 g/mol. The molecule has 0 aromatic heterocycles. The van der Waals surface area contributed by atoms with Gasteiger partial charge in [0.15, 0.2) is 0 Å². The van der Waals surface area contributed by atoms with Crippen molar-refractivity contribution < 1.29 is 4.79 Å². The van der Waals surface area contributed by atoms with Gasteiger partial charge in [-0.05, 0) is 54.1 Å². The predicted octanol–water partition coefficient (Wildman–Crippen LogP) is 3.17. The van der Waals surface area contributed by atoms with E-state index < -0.39 is 5.41 Å². The smallest absolute Gasteiger partial charge is 0.244 e. The zero-order valence-electron chi connectivity index (χ0n) is 9.25. The Bertz CT molecular complexity index is 439. The van der Waals surface area contributed by atoms with Crippen LogP contribution in [0.1, 0.15) is 20.3 Å². The number of benzene rings is 1. The van der Waals surface area contributed by atoms with E-state index in [0.717, 1.165) is 9.26 Å². The topological polar surface area (TPSA) is 52.9 Å². The molecule has 0 aliphatic carbocycles. The van der Waals surface area contributed by atoms with Gasteiger partial charge in [0.2, 0.25) is 5.91 Å². The number of hydrogen-bond acceptors (Lipinski definition) is 2. The molecule has 1 amide bonds. The van der Waals surface area contributed by atoms with Crippen LogP contribution in [0.5, 0.6) is 0 Å². The molecule has 0 aliphatic heterocycles. The summed E-state index contributed by atoms with van der Waals surface area (Å²) in [6, 6.07) is 9.54. The summed E-state index contributed by atoms with van der Waals surface area (Å²) >= 11 is 2.18. The minimum absolute atomic E-state index is 0.250. The molecule has 0 bridgehead atoms. The van der Waals surface area contributed by atoms with Gasteiger partial charge in [-0.1, -0.05) is 13.0 Å². The van der Waals surface area contributed by atoms with Crippen LogP contribution in [0.3, 0.4) is 0 Å². The van der Waals surface area contributed by atoms with E-state index in [2.05, 4.69) is 27.9 Å². The molecule has 1 atom stereocenters. The third kappa shape index (κ3) is 2.95. The number of nitriles is 1. The fourth-order valence-corrected chi connectivity index (χ4v) is 1.67. The molecular formula is C12H13IN2O. The van der Waals surface area contributed by atoms with Crippen molar-refractivity contribution in [3.05, 3.63) is 27.8 Å².